The molecule has 132 valence electrons. The van der Waals surface area contributed by atoms with Crippen molar-refractivity contribution in [2.24, 2.45) is 4.99 Å². The van der Waals surface area contributed by atoms with Gasteiger partial charge in [0, 0.05) is 51.9 Å². The van der Waals surface area contributed by atoms with Crippen LogP contribution in [-0.4, -0.2) is 69.8 Å². The second-order valence-electron chi connectivity index (χ2n) is 5.66. The maximum absolute atomic E-state index is 5.48. The third-order valence-corrected chi connectivity index (χ3v) is 4.17. The van der Waals surface area contributed by atoms with Crippen LogP contribution in [0.3, 0.4) is 0 Å². The third kappa shape index (κ3) is 4.64. The Morgan fingerprint density at radius 3 is 2.58 bits per heavy atom. The zero-order valence-corrected chi connectivity index (χ0v) is 14.9. The molecule has 6 heteroatoms. The number of benzene rings is 1. The predicted molar refractivity (Wildman–Crippen MR) is 98.0 cm³/mol. The van der Waals surface area contributed by atoms with Crippen LogP contribution in [0, 0.1) is 0 Å². The number of hydrogen-bond acceptors (Lipinski definition) is 4. The fourth-order valence-electron chi connectivity index (χ4n) is 2.86. The third-order valence-electron chi connectivity index (χ3n) is 4.17. The summed E-state index contributed by atoms with van der Waals surface area (Å²) in [5.41, 5.74) is 1.15. The lowest BCUT2D eigenvalue weighted by Crippen LogP contribution is -2.52. The van der Waals surface area contributed by atoms with Crippen molar-refractivity contribution in [3.8, 4) is 11.5 Å². The molecule has 1 N–H and O–H groups in total. The van der Waals surface area contributed by atoms with E-state index in [1.165, 1.54) is 0 Å². The van der Waals surface area contributed by atoms with Crippen LogP contribution in [0.4, 0.5) is 0 Å². The SMILES string of the molecule is C=CCNC(=NC)N1CCN(Cc2cc(OC)ccc2OC)CC1. The van der Waals surface area contributed by atoms with Crippen molar-refractivity contribution in [2.45, 2.75) is 6.54 Å². The van der Waals surface area contributed by atoms with E-state index in [1.807, 2.05) is 25.3 Å². The van der Waals surface area contributed by atoms with E-state index in [9.17, 15) is 0 Å². The summed E-state index contributed by atoms with van der Waals surface area (Å²) < 4.78 is 10.8. The molecule has 0 bridgehead atoms. The first-order chi connectivity index (χ1) is 11.7. The second-order valence-corrected chi connectivity index (χ2v) is 5.66. The van der Waals surface area contributed by atoms with Gasteiger partial charge >= 0.3 is 0 Å². The van der Waals surface area contributed by atoms with Gasteiger partial charge in [-0.1, -0.05) is 6.08 Å². The number of guanidine groups is 1. The number of nitrogens with one attached hydrogen (secondary N) is 1. The van der Waals surface area contributed by atoms with Gasteiger partial charge in [0.2, 0.25) is 0 Å². The van der Waals surface area contributed by atoms with Gasteiger partial charge in [-0.2, -0.15) is 0 Å². The topological polar surface area (TPSA) is 49.3 Å². The standard InChI is InChI=1S/C18H28N4O2/c1-5-8-20-18(19-2)22-11-9-21(10-12-22)14-15-13-16(23-3)6-7-17(15)24-4/h5-7,13H,1,8-12,14H2,2-4H3,(H,19,20). The minimum atomic E-state index is 0.730. The Bertz CT molecular complexity index is 566. The van der Waals surface area contributed by atoms with Crippen LogP contribution in [0.5, 0.6) is 11.5 Å². The largest absolute Gasteiger partial charge is 0.497 e. The summed E-state index contributed by atoms with van der Waals surface area (Å²) >= 11 is 0. The van der Waals surface area contributed by atoms with Crippen LogP contribution in [0.1, 0.15) is 5.56 Å². The summed E-state index contributed by atoms with van der Waals surface area (Å²) in [5, 5.41) is 3.29. The molecule has 0 spiro atoms. The van der Waals surface area contributed by atoms with E-state index >= 15 is 0 Å². The van der Waals surface area contributed by atoms with Crippen LogP contribution in [0.25, 0.3) is 0 Å². The Labute approximate surface area is 144 Å². The van der Waals surface area contributed by atoms with Gasteiger partial charge in [0.1, 0.15) is 11.5 Å². The number of aliphatic imine (C=N–C) groups is 1. The van der Waals surface area contributed by atoms with Crippen molar-refractivity contribution in [3.05, 3.63) is 36.4 Å². The van der Waals surface area contributed by atoms with Crippen LogP contribution in [-0.2, 0) is 6.54 Å². The van der Waals surface area contributed by atoms with E-state index in [1.54, 1.807) is 14.2 Å². The fraction of sp³-hybridized carbons (Fsp3) is 0.500. The first kappa shape index (κ1) is 18.1. The minimum Gasteiger partial charge on any atom is -0.497 e. The summed E-state index contributed by atoms with van der Waals surface area (Å²) in [7, 11) is 5.21. The first-order valence-electron chi connectivity index (χ1n) is 8.21. The Kier molecular flexibility index (Phi) is 6.93. The van der Waals surface area contributed by atoms with Gasteiger partial charge < -0.3 is 19.7 Å². The molecule has 0 amide bonds. The smallest absolute Gasteiger partial charge is 0.193 e. The average molecular weight is 332 g/mol. The van der Waals surface area contributed by atoms with Crippen LogP contribution >= 0.6 is 0 Å². The maximum atomic E-state index is 5.48. The van der Waals surface area contributed by atoms with Gasteiger partial charge in [-0.05, 0) is 18.2 Å². The number of methoxy groups -OCH3 is 2. The number of ether oxygens (including phenoxy) is 2. The Morgan fingerprint density at radius 2 is 2.00 bits per heavy atom. The molecule has 0 atom stereocenters. The number of piperazine rings is 1. The lowest BCUT2D eigenvalue weighted by Gasteiger charge is -2.36. The molecule has 1 heterocycles. The summed E-state index contributed by atoms with van der Waals surface area (Å²) in [6.45, 7) is 9.18. The molecule has 0 aliphatic carbocycles. The summed E-state index contributed by atoms with van der Waals surface area (Å²) in [6, 6.07) is 5.94. The zero-order chi connectivity index (χ0) is 17.4. The molecule has 0 aromatic heterocycles. The van der Waals surface area contributed by atoms with Gasteiger partial charge in [0.05, 0.1) is 14.2 Å². The van der Waals surface area contributed by atoms with Gasteiger partial charge in [-0.15, -0.1) is 6.58 Å². The fourth-order valence-corrected chi connectivity index (χ4v) is 2.86. The molecule has 1 aliphatic heterocycles. The molecule has 1 aromatic rings. The van der Waals surface area contributed by atoms with Crippen molar-refractivity contribution in [2.75, 3.05) is 54.0 Å². The Balaban J connectivity index is 1.94. The molecule has 6 nitrogen and oxygen atoms in total. The van der Waals surface area contributed by atoms with E-state index < -0.39 is 0 Å². The van der Waals surface area contributed by atoms with Gasteiger partial charge in [0.25, 0.3) is 0 Å². The average Bonchev–Trinajstić information content (AvgIpc) is 2.63. The second kappa shape index (κ2) is 9.17. The monoisotopic (exact) mass is 332 g/mol. The van der Waals surface area contributed by atoms with Crippen LogP contribution in [0.2, 0.25) is 0 Å². The highest BCUT2D eigenvalue weighted by atomic mass is 16.5. The number of hydrogen-bond donors (Lipinski definition) is 1. The molecular formula is C18H28N4O2. The highest BCUT2D eigenvalue weighted by Gasteiger charge is 2.20. The molecule has 24 heavy (non-hydrogen) atoms. The van der Waals surface area contributed by atoms with Crippen molar-refractivity contribution in [1.82, 2.24) is 15.1 Å². The van der Waals surface area contributed by atoms with Crippen molar-refractivity contribution in [1.29, 1.82) is 0 Å². The normalized spacial score (nSPS) is 16.0. The lowest BCUT2D eigenvalue weighted by atomic mass is 10.1. The molecule has 1 aromatic carbocycles. The van der Waals surface area contributed by atoms with Crippen molar-refractivity contribution in [3.63, 3.8) is 0 Å². The zero-order valence-electron chi connectivity index (χ0n) is 14.9. The van der Waals surface area contributed by atoms with Crippen molar-refractivity contribution >= 4 is 5.96 Å². The highest BCUT2D eigenvalue weighted by Crippen LogP contribution is 2.25. The molecular weight excluding hydrogens is 304 g/mol. The molecule has 0 saturated carbocycles. The van der Waals surface area contributed by atoms with Crippen molar-refractivity contribution < 1.29 is 9.47 Å². The minimum absolute atomic E-state index is 0.730. The quantitative estimate of drug-likeness (QED) is 0.487. The highest BCUT2D eigenvalue weighted by molar-refractivity contribution is 5.80. The van der Waals surface area contributed by atoms with Crippen LogP contribution < -0.4 is 14.8 Å². The molecule has 0 unspecified atom stereocenters. The summed E-state index contributed by atoms with van der Waals surface area (Å²) in [5.74, 6) is 2.70. The van der Waals surface area contributed by atoms with E-state index in [4.69, 9.17) is 9.47 Å². The number of nitrogens with zero attached hydrogens (tertiary/aromatic N) is 3. The van der Waals surface area contributed by atoms with E-state index in [2.05, 4.69) is 32.8 Å². The van der Waals surface area contributed by atoms with Gasteiger partial charge in [-0.25, -0.2) is 0 Å². The summed E-state index contributed by atoms with van der Waals surface area (Å²) in [6.07, 6.45) is 1.84. The van der Waals surface area contributed by atoms with Gasteiger partial charge in [0.15, 0.2) is 5.96 Å². The molecule has 1 saturated heterocycles. The Morgan fingerprint density at radius 1 is 1.25 bits per heavy atom. The van der Waals surface area contributed by atoms with E-state index in [0.29, 0.717) is 0 Å². The van der Waals surface area contributed by atoms with E-state index in [-0.39, 0.29) is 0 Å². The first-order valence-corrected chi connectivity index (χ1v) is 8.21. The van der Waals surface area contributed by atoms with Gasteiger partial charge in [-0.3, -0.25) is 9.89 Å². The summed E-state index contributed by atoms with van der Waals surface area (Å²) in [4.78, 5) is 9.04. The maximum Gasteiger partial charge on any atom is 0.193 e. The Hall–Kier alpha value is -2.21. The molecule has 1 fully saturated rings. The van der Waals surface area contributed by atoms with Crippen LogP contribution in [0.15, 0.2) is 35.8 Å². The molecule has 0 radical (unpaired) electrons. The molecule has 2 rings (SSSR count). The lowest BCUT2D eigenvalue weighted by molar-refractivity contribution is 0.171. The number of rotatable bonds is 6. The molecule has 1 aliphatic rings. The predicted octanol–water partition coefficient (Wildman–Crippen LogP) is 1.58. The van der Waals surface area contributed by atoms with E-state index in [0.717, 1.165) is 62.3 Å².